The van der Waals surface area contributed by atoms with Crippen LogP contribution in [0, 0.1) is 0 Å². The van der Waals surface area contributed by atoms with Gasteiger partial charge in [-0.3, -0.25) is 0 Å². The Balaban J connectivity index is 0.000000234. The number of aliphatic hydroxyl groups excluding tert-OH is 1. The molecule has 2 aliphatic carbocycles. The van der Waals surface area contributed by atoms with Crippen LogP contribution < -0.4 is 0 Å². The lowest BCUT2D eigenvalue weighted by molar-refractivity contribution is -0.163. The van der Waals surface area contributed by atoms with Crippen molar-refractivity contribution in [2.24, 2.45) is 0 Å². The summed E-state index contributed by atoms with van der Waals surface area (Å²) in [6, 6.07) is 41.5. The number of halogens is 2. The lowest BCUT2D eigenvalue weighted by Crippen LogP contribution is -2.55. The summed E-state index contributed by atoms with van der Waals surface area (Å²) in [7, 11) is -10.2. The van der Waals surface area contributed by atoms with Gasteiger partial charge in [0, 0.05) is 56.1 Å². The van der Waals surface area contributed by atoms with Crippen LogP contribution in [0.2, 0.25) is 61.4 Å². The average molecular weight is 1250 g/mol. The van der Waals surface area contributed by atoms with E-state index in [1.54, 1.807) is 91.1 Å². The summed E-state index contributed by atoms with van der Waals surface area (Å²) in [4.78, 5) is 30.1. The van der Waals surface area contributed by atoms with Crippen molar-refractivity contribution in [1.82, 2.24) is 8.61 Å². The van der Waals surface area contributed by atoms with E-state index < -0.39 is 87.8 Å². The largest absolute Gasteiger partial charge is 0.459 e. The molecular weight excluding hydrogens is 1180 g/mol. The van der Waals surface area contributed by atoms with Crippen molar-refractivity contribution in [3.63, 3.8) is 0 Å². The fourth-order valence-corrected chi connectivity index (χ4v) is 19.3. The standard InChI is InChI=1S/C31H40ClNO5S2Si.C30H38ClNO5S2Si/c1-29(2,3)38-28(34)31(21-30(31,22-37-4)24-11-9-8-10-12-24)33(19-20-41(5,6)7)40(35,36)27-18-17-26(39-27)23-13-15-25(32)16-14-23;1-28(2,3)37-27(34)30(20-29(30,21-33)23-10-8-7-9-11-23)32(18-19-40(4,5)6)39(35,36)26-17-16-25(38-26)22-12-14-24(31)15-13-22/h8-18H,19-22H2,1-7H3;7-17,33H,18-21H2,1-6H3. The van der Waals surface area contributed by atoms with Crippen molar-refractivity contribution >= 4 is 94.0 Å². The lowest BCUT2D eigenvalue weighted by atomic mass is 9.90. The van der Waals surface area contributed by atoms with Gasteiger partial charge < -0.3 is 19.3 Å². The van der Waals surface area contributed by atoms with E-state index in [0.29, 0.717) is 27.7 Å². The van der Waals surface area contributed by atoms with Gasteiger partial charge in [0.15, 0.2) is 0 Å². The Labute approximate surface area is 500 Å². The van der Waals surface area contributed by atoms with Gasteiger partial charge in [-0.15, -0.1) is 22.7 Å². The smallest absolute Gasteiger partial charge is 0.329 e. The maximum absolute atomic E-state index is 14.7. The normalized spacial score (nSPS) is 21.3. The zero-order chi connectivity index (χ0) is 59.8. The van der Waals surface area contributed by atoms with E-state index in [4.69, 9.17) is 37.4 Å². The molecule has 81 heavy (non-hydrogen) atoms. The maximum atomic E-state index is 14.7. The number of sulfonamides is 2. The summed E-state index contributed by atoms with van der Waals surface area (Å²) in [5.41, 5.74) is -3.41. The van der Waals surface area contributed by atoms with E-state index in [9.17, 15) is 31.5 Å². The monoisotopic (exact) mass is 1250 g/mol. The van der Waals surface area contributed by atoms with E-state index >= 15 is 0 Å². The van der Waals surface area contributed by atoms with Crippen LogP contribution >= 0.6 is 45.9 Å². The predicted molar refractivity (Wildman–Crippen MR) is 335 cm³/mol. The molecule has 20 heteroatoms. The molecule has 12 nitrogen and oxygen atoms in total. The SMILES string of the molecule is CC(C)(C)OC(=O)C1(N(CC[Si](C)(C)C)S(=O)(=O)c2ccc(-c3ccc(Cl)cc3)s2)CC1(CO)c1ccccc1.COCC1(c2ccccc2)CC1(C(=O)OC(C)(C)C)N(CC[Si](C)(C)C)S(=O)(=O)c1ccc(-c2ccc(Cl)cc2)s1. The second-order valence-electron chi connectivity index (χ2n) is 25.6. The zero-order valence-corrected chi connectivity index (χ0v) is 55.5. The highest BCUT2D eigenvalue weighted by Gasteiger charge is 2.80. The number of ether oxygens (including phenoxy) is 3. The summed E-state index contributed by atoms with van der Waals surface area (Å²) in [6.07, 6.45) is 0.406. The van der Waals surface area contributed by atoms with E-state index in [2.05, 4.69) is 39.3 Å². The molecule has 0 amide bonds. The first kappa shape index (κ1) is 64.5. The van der Waals surface area contributed by atoms with Gasteiger partial charge in [-0.05, 0) is 137 Å². The van der Waals surface area contributed by atoms with Crippen molar-refractivity contribution in [1.29, 1.82) is 0 Å². The third-order valence-corrected chi connectivity index (χ3v) is 25.7. The van der Waals surface area contributed by atoms with Crippen LogP contribution in [-0.4, -0.2) is 114 Å². The Hall–Kier alpha value is -4.03. The lowest BCUT2D eigenvalue weighted by Gasteiger charge is -2.37. The van der Waals surface area contributed by atoms with Crippen molar-refractivity contribution in [3.05, 3.63) is 155 Å². The highest BCUT2D eigenvalue weighted by atomic mass is 35.5. The maximum Gasteiger partial charge on any atom is 0.329 e. The molecule has 2 saturated carbocycles. The number of rotatable bonds is 21. The molecule has 438 valence electrons. The van der Waals surface area contributed by atoms with E-state index in [1.807, 2.05) is 91.0 Å². The van der Waals surface area contributed by atoms with Gasteiger partial charge in [-0.2, -0.15) is 8.61 Å². The number of hydrogen-bond donors (Lipinski definition) is 1. The van der Waals surface area contributed by atoms with Crippen LogP contribution in [0.1, 0.15) is 65.5 Å². The molecule has 0 bridgehead atoms. The second-order valence-corrected chi connectivity index (χ2v) is 44.1. The van der Waals surface area contributed by atoms with E-state index in [1.165, 1.54) is 19.9 Å². The summed E-state index contributed by atoms with van der Waals surface area (Å²) >= 11 is 14.5. The summed E-state index contributed by atoms with van der Waals surface area (Å²) in [6.45, 7) is 24.0. The van der Waals surface area contributed by atoms with Gasteiger partial charge in [-0.25, -0.2) is 26.4 Å². The molecule has 4 aromatic carbocycles. The molecule has 1 N–H and O–H groups in total. The number of aliphatic hydroxyl groups is 1. The van der Waals surface area contributed by atoms with Crippen LogP contribution in [-0.2, 0) is 54.7 Å². The fourth-order valence-electron chi connectivity index (χ4n) is 10.5. The van der Waals surface area contributed by atoms with E-state index in [-0.39, 0.29) is 41.0 Å². The number of benzene rings is 4. The average Bonchev–Trinajstić information content (AvgIpc) is 4.21. The third kappa shape index (κ3) is 13.9. The molecule has 0 aliphatic heterocycles. The van der Waals surface area contributed by atoms with Gasteiger partial charge in [0.2, 0.25) is 0 Å². The van der Waals surface area contributed by atoms with Crippen LogP contribution in [0.5, 0.6) is 0 Å². The minimum atomic E-state index is -4.17. The number of nitrogens with zero attached hydrogens (tertiary/aromatic N) is 2. The Kier molecular flexibility index (Phi) is 19.2. The molecule has 4 unspecified atom stereocenters. The Morgan fingerprint density at radius 2 is 0.901 bits per heavy atom. The molecule has 4 atom stereocenters. The van der Waals surface area contributed by atoms with Gasteiger partial charge in [0.1, 0.15) is 30.7 Å². The second kappa shape index (κ2) is 24.2. The molecule has 8 rings (SSSR count). The molecule has 0 saturated heterocycles. The number of hydrogen-bond acceptors (Lipinski definition) is 12. The minimum absolute atomic E-state index is 0.135. The first-order chi connectivity index (χ1) is 37.6. The highest BCUT2D eigenvalue weighted by molar-refractivity contribution is 7.91. The molecule has 0 spiro atoms. The molecule has 2 aromatic heterocycles. The Morgan fingerprint density at radius 3 is 1.23 bits per heavy atom. The molecular formula is C61H78Cl2N2O10S4Si2. The Morgan fingerprint density at radius 1 is 0.556 bits per heavy atom. The van der Waals surface area contributed by atoms with E-state index in [0.717, 1.165) is 37.8 Å². The van der Waals surface area contributed by atoms with Crippen molar-refractivity contribution < 1.29 is 45.7 Å². The van der Waals surface area contributed by atoms with Crippen LogP contribution in [0.25, 0.3) is 20.9 Å². The number of esters is 2. The van der Waals surface area contributed by atoms with Crippen molar-refractivity contribution in [3.8, 4) is 20.9 Å². The number of carbonyl (C=O) groups excluding carboxylic acids is 2. The topological polar surface area (TPSA) is 157 Å². The molecule has 2 heterocycles. The highest BCUT2D eigenvalue weighted by Crippen LogP contribution is 2.65. The first-order valence-electron chi connectivity index (χ1n) is 27.1. The van der Waals surface area contributed by atoms with Gasteiger partial charge in [-0.1, -0.05) is 147 Å². The quantitative estimate of drug-likeness (QED) is 0.0543. The minimum Gasteiger partial charge on any atom is -0.459 e. The molecule has 6 aromatic rings. The molecule has 2 aliphatic rings. The molecule has 0 radical (unpaired) electrons. The summed E-state index contributed by atoms with van der Waals surface area (Å²) < 4.78 is 79.4. The summed E-state index contributed by atoms with van der Waals surface area (Å²) in [5.74, 6) is -1.17. The van der Waals surface area contributed by atoms with Gasteiger partial charge in [0.25, 0.3) is 20.0 Å². The third-order valence-electron chi connectivity index (χ3n) is 14.7. The number of thiophene rings is 2. The Bertz CT molecular complexity index is 3390. The summed E-state index contributed by atoms with van der Waals surface area (Å²) in [5, 5.41) is 12.1. The van der Waals surface area contributed by atoms with Crippen molar-refractivity contribution in [2.75, 3.05) is 33.4 Å². The van der Waals surface area contributed by atoms with Crippen LogP contribution in [0.3, 0.4) is 0 Å². The predicted octanol–water partition coefficient (Wildman–Crippen LogP) is 14.3. The fraction of sp³-hybridized carbons (Fsp3) is 0.443. The first-order valence-corrected chi connectivity index (χ1v) is 39.7. The van der Waals surface area contributed by atoms with Crippen molar-refractivity contribution in [2.45, 2.75) is 147 Å². The zero-order valence-electron chi connectivity index (χ0n) is 48.8. The number of carbonyl (C=O) groups is 2. The molecule has 2 fully saturated rings. The van der Waals surface area contributed by atoms with Crippen LogP contribution in [0.4, 0.5) is 0 Å². The van der Waals surface area contributed by atoms with Crippen LogP contribution in [0.15, 0.2) is 142 Å². The number of methoxy groups -OCH3 is 1. The van der Waals surface area contributed by atoms with Gasteiger partial charge in [0.05, 0.1) is 24.0 Å². The van der Waals surface area contributed by atoms with Gasteiger partial charge >= 0.3 is 11.9 Å².